The summed E-state index contributed by atoms with van der Waals surface area (Å²) in [6.07, 6.45) is -1.36. The first-order valence-corrected chi connectivity index (χ1v) is 7.18. The van der Waals surface area contributed by atoms with E-state index in [1.165, 1.54) is 18.4 Å². The van der Waals surface area contributed by atoms with E-state index in [0.717, 1.165) is 11.1 Å². The molecule has 2 N–H and O–H groups in total. The van der Waals surface area contributed by atoms with Gasteiger partial charge in [-0.05, 0) is 17.0 Å². The first kappa shape index (κ1) is 15.2. The maximum absolute atomic E-state index is 12.2. The largest absolute Gasteiger partial charge is 0.467 e. The monoisotopic (exact) mass is 305 g/mol. The summed E-state index contributed by atoms with van der Waals surface area (Å²) in [6, 6.07) is 11.4. The van der Waals surface area contributed by atoms with Crippen LogP contribution in [0.1, 0.15) is 9.67 Å². The number of esters is 1. The van der Waals surface area contributed by atoms with Crippen molar-refractivity contribution < 1.29 is 19.4 Å². The van der Waals surface area contributed by atoms with Crippen LogP contribution in [0, 0.1) is 0 Å². The second-order valence-electron chi connectivity index (χ2n) is 4.28. The fraction of sp³-hybridized carbons (Fsp3) is 0.200. The fourth-order valence-corrected chi connectivity index (χ4v) is 2.65. The zero-order valence-corrected chi connectivity index (χ0v) is 12.2. The highest BCUT2D eigenvalue weighted by molar-refractivity contribution is 7.12. The second kappa shape index (κ2) is 7.01. The normalized spacial score (nSPS) is 11.7. The highest BCUT2D eigenvalue weighted by Gasteiger charge is 2.19. The Morgan fingerprint density at radius 3 is 2.67 bits per heavy atom. The molecule has 1 heterocycles. The molecule has 6 heteroatoms. The quantitative estimate of drug-likeness (QED) is 0.824. The number of thiophene rings is 1. The number of methoxy groups -OCH3 is 1. The molecule has 2 rings (SSSR count). The van der Waals surface area contributed by atoms with Crippen LogP contribution in [-0.4, -0.2) is 36.7 Å². The van der Waals surface area contributed by atoms with Crippen molar-refractivity contribution in [3.63, 3.8) is 0 Å². The number of amides is 1. The average Bonchev–Trinajstić information content (AvgIpc) is 3.01. The summed E-state index contributed by atoms with van der Waals surface area (Å²) >= 11 is 1.31. The van der Waals surface area contributed by atoms with Crippen LogP contribution in [0.2, 0.25) is 0 Å². The first-order chi connectivity index (χ1) is 10.1. The number of carbonyl (C=O) groups is 2. The Bertz CT molecular complexity index is 624. The Kier molecular flexibility index (Phi) is 5.08. The molecule has 0 spiro atoms. The van der Waals surface area contributed by atoms with Crippen LogP contribution in [0.25, 0.3) is 11.1 Å². The van der Waals surface area contributed by atoms with Gasteiger partial charge in [-0.15, -0.1) is 11.3 Å². The van der Waals surface area contributed by atoms with Gasteiger partial charge in [0.05, 0.1) is 18.5 Å². The second-order valence-corrected chi connectivity index (χ2v) is 5.19. The lowest BCUT2D eigenvalue weighted by molar-refractivity contribution is -0.149. The zero-order chi connectivity index (χ0) is 15.2. The van der Waals surface area contributed by atoms with Crippen LogP contribution in [0.3, 0.4) is 0 Å². The molecule has 0 saturated heterocycles. The smallest absolute Gasteiger partial charge is 0.336 e. The van der Waals surface area contributed by atoms with E-state index in [4.69, 9.17) is 0 Å². The number of aliphatic hydroxyl groups excluding tert-OH is 1. The Labute approximate surface area is 126 Å². The van der Waals surface area contributed by atoms with Gasteiger partial charge in [0, 0.05) is 5.56 Å². The highest BCUT2D eigenvalue weighted by Crippen LogP contribution is 2.27. The molecule has 0 bridgehead atoms. The van der Waals surface area contributed by atoms with Gasteiger partial charge in [0.1, 0.15) is 0 Å². The van der Waals surface area contributed by atoms with Crippen LogP contribution in [0.4, 0.5) is 0 Å². The van der Waals surface area contributed by atoms with Gasteiger partial charge in [0.2, 0.25) is 0 Å². The predicted octanol–water partition coefficient (Wildman–Crippen LogP) is 1.68. The van der Waals surface area contributed by atoms with E-state index in [9.17, 15) is 14.7 Å². The summed E-state index contributed by atoms with van der Waals surface area (Å²) in [5.74, 6) is -1.10. The van der Waals surface area contributed by atoms with E-state index in [0.29, 0.717) is 4.88 Å². The lowest BCUT2D eigenvalue weighted by Gasteiger charge is -2.10. The highest BCUT2D eigenvalue weighted by atomic mass is 32.1. The van der Waals surface area contributed by atoms with Crippen LogP contribution in [-0.2, 0) is 9.53 Å². The third-order valence-electron chi connectivity index (χ3n) is 2.89. The fourth-order valence-electron chi connectivity index (χ4n) is 1.82. The molecular formula is C15H15NO4S. The van der Waals surface area contributed by atoms with Crippen molar-refractivity contribution in [3.8, 4) is 11.1 Å². The van der Waals surface area contributed by atoms with Gasteiger partial charge in [0.25, 0.3) is 5.91 Å². The number of ether oxygens (including phenoxy) is 1. The number of rotatable bonds is 5. The van der Waals surface area contributed by atoms with Gasteiger partial charge in [0.15, 0.2) is 6.10 Å². The molecule has 21 heavy (non-hydrogen) atoms. The van der Waals surface area contributed by atoms with E-state index in [1.807, 2.05) is 41.8 Å². The minimum Gasteiger partial charge on any atom is -0.467 e. The molecule has 0 fully saturated rings. The minimum absolute atomic E-state index is 0.183. The molecule has 0 aliphatic heterocycles. The maximum Gasteiger partial charge on any atom is 0.336 e. The van der Waals surface area contributed by atoms with Crippen LogP contribution in [0.15, 0.2) is 41.8 Å². The minimum atomic E-state index is -1.36. The molecule has 0 aliphatic rings. The number of nitrogens with one attached hydrogen (secondary N) is 1. The SMILES string of the molecule is COC(=O)C(O)CNC(=O)c1sccc1-c1ccccc1. The van der Waals surface area contributed by atoms with Crippen molar-refractivity contribution in [1.29, 1.82) is 0 Å². The molecule has 0 radical (unpaired) electrons. The summed E-state index contributed by atoms with van der Waals surface area (Å²) in [5.41, 5.74) is 1.77. The van der Waals surface area contributed by atoms with Crippen molar-refractivity contribution >= 4 is 23.2 Å². The molecule has 5 nitrogen and oxygen atoms in total. The van der Waals surface area contributed by atoms with E-state index in [-0.39, 0.29) is 12.5 Å². The van der Waals surface area contributed by atoms with Gasteiger partial charge < -0.3 is 15.2 Å². The number of benzene rings is 1. The molecule has 0 saturated carbocycles. The lowest BCUT2D eigenvalue weighted by atomic mass is 10.1. The van der Waals surface area contributed by atoms with E-state index < -0.39 is 12.1 Å². The van der Waals surface area contributed by atoms with Crippen LogP contribution in [0.5, 0.6) is 0 Å². The zero-order valence-electron chi connectivity index (χ0n) is 11.4. The first-order valence-electron chi connectivity index (χ1n) is 6.30. The van der Waals surface area contributed by atoms with Crippen molar-refractivity contribution in [2.45, 2.75) is 6.10 Å². The predicted molar refractivity (Wildman–Crippen MR) is 80.1 cm³/mol. The van der Waals surface area contributed by atoms with Gasteiger partial charge in [-0.3, -0.25) is 4.79 Å². The molecule has 1 atom stereocenters. The van der Waals surface area contributed by atoms with E-state index >= 15 is 0 Å². The Morgan fingerprint density at radius 1 is 1.29 bits per heavy atom. The van der Waals surface area contributed by atoms with Gasteiger partial charge in [-0.1, -0.05) is 30.3 Å². The maximum atomic E-state index is 12.2. The number of aliphatic hydroxyl groups is 1. The molecule has 1 aromatic carbocycles. The summed E-state index contributed by atoms with van der Waals surface area (Å²) in [5, 5.41) is 13.8. The lowest BCUT2D eigenvalue weighted by Crippen LogP contribution is -2.37. The van der Waals surface area contributed by atoms with E-state index in [2.05, 4.69) is 10.1 Å². The average molecular weight is 305 g/mol. The van der Waals surface area contributed by atoms with Crippen molar-refractivity contribution in [3.05, 3.63) is 46.7 Å². The number of hydrogen-bond donors (Lipinski definition) is 2. The Balaban J connectivity index is 2.08. The topological polar surface area (TPSA) is 75.6 Å². The molecule has 1 amide bonds. The summed E-state index contributed by atoms with van der Waals surface area (Å²) in [4.78, 5) is 23.8. The molecule has 1 unspecified atom stereocenters. The van der Waals surface area contributed by atoms with Crippen LogP contribution < -0.4 is 5.32 Å². The molecule has 0 aliphatic carbocycles. The number of carbonyl (C=O) groups excluding carboxylic acids is 2. The van der Waals surface area contributed by atoms with Gasteiger partial charge >= 0.3 is 5.97 Å². The third kappa shape index (κ3) is 3.68. The van der Waals surface area contributed by atoms with E-state index in [1.54, 1.807) is 0 Å². The Morgan fingerprint density at radius 2 is 2.00 bits per heavy atom. The summed E-state index contributed by atoms with van der Waals surface area (Å²) in [7, 11) is 1.18. The van der Waals surface area contributed by atoms with Crippen LogP contribution >= 0.6 is 11.3 Å². The standard InChI is InChI=1S/C15H15NO4S/c1-20-15(19)12(17)9-16-14(18)13-11(7-8-21-13)10-5-3-2-4-6-10/h2-8,12,17H,9H2,1H3,(H,16,18). The Hall–Kier alpha value is -2.18. The number of hydrogen-bond acceptors (Lipinski definition) is 5. The van der Waals surface area contributed by atoms with Crippen molar-refractivity contribution in [2.75, 3.05) is 13.7 Å². The summed E-state index contributed by atoms with van der Waals surface area (Å²) < 4.78 is 4.39. The third-order valence-corrected chi connectivity index (χ3v) is 3.80. The van der Waals surface area contributed by atoms with Gasteiger partial charge in [-0.25, -0.2) is 4.79 Å². The van der Waals surface area contributed by atoms with Gasteiger partial charge in [-0.2, -0.15) is 0 Å². The molecule has 2 aromatic rings. The molecule has 110 valence electrons. The molecule has 1 aromatic heterocycles. The molecular weight excluding hydrogens is 290 g/mol. The van der Waals surface area contributed by atoms with Crippen molar-refractivity contribution in [2.24, 2.45) is 0 Å². The summed E-state index contributed by atoms with van der Waals surface area (Å²) in [6.45, 7) is -0.183. The van der Waals surface area contributed by atoms with Crippen molar-refractivity contribution in [1.82, 2.24) is 5.32 Å².